The topological polar surface area (TPSA) is 75.6 Å². The zero-order valence-corrected chi connectivity index (χ0v) is 13.0. The van der Waals surface area contributed by atoms with Gasteiger partial charge in [-0.15, -0.1) is 0 Å². The van der Waals surface area contributed by atoms with Crippen molar-refractivity contribution in [3.05, 3.63) is 34.3 Å². The van der Waals surface area contributed by atoms with E-state index >= 15 is 0 Å². The van der Waals surface area contributed by atoms with Gasteiger partial charge in [0.25, 0.3) is 0 Å². The number of alkyl carbamates (subject to hydrolysis) is 1. The number of ether oxygens (including phenoxy) is 1. The van der Waals surface area contributed by atoms with E-state index in [1.165, 1.54) is 0 Å². The van der Waals surface area contributed by atoms with E-state index in [0.717, 1.165) is 11.1 Å². The predicted molar refractivity (Wildman–Crippen MR) is 78.6 cm³/mol. The summed E-state index contributed by atoms with van der Waals surface area (Å²) in [5.41, 5.74) is -0.354. The van der Waals surface area contributed by atoms with Gasteiger partial charge in [-0.2, -0.15) is 0 Å². The highest BCUT2D eigenvalue weighted by Gasteiger charge is 2.46. The van der Waals surface area contributed by atoms with Crippen molar-refractivity contribution >= 4 is 23.7 Å². The van der Waals surface area contributed by atoms with Crippen LogP contribution in [0.5, 0.6) is 0 Å². The number of aliphatic carboxylic acids is 1. The SMILES string of the molecule is CC(C)(C)OC(=O)N[C@@]1(C(=O)O)Cc2ccc(Cl)cc2C1. The summed E-state index contributed by atoms with van der Waals surface area (Å²) in [7, 11) is 0. The molecule has 0 saturated heterocycles. The molecular formula is C15H18ClNO4. The Morgan fingerprint density at radius 2 is 1.90 bits per heavy atom. The van der Waals surface area contributed by atoms with Gasteiger partial charge < -0.3 is 15.2 Å². The predicted octanol–water partition coefficient (Wildman–Crippen LogP) is 2.79. The van der Waals surface area contributed by atoms with Crippen LogP contribution in [0.25, 0.3) is 0 Å². The van der Waals surface area contributed by atoms with Gasteiger partial charge in [-0.25, -0.2) is 9.59 Å². The normalized spacial score (nSPS) is 20.8. The maximum atomic E-state index is 11.9. The quantitative estimate of drug-likeness (QED) is 0.880. The Balaban J connectivity index is 2.22. The van der Waals surface area contributed by atoms with E-state index in [0.29, 0.717) is 5.02 Å². The van der Waals surface area contributed by atoms with Crippen LogP contribution >= 0.6 is 11.6 Å². The molecular weight excluding hydrogens is 294 g/mol. The van der Waals surface area contributed by atoms with Crippen LogP contribution in [0.4, 0.5) is 4.79 Å². The molecule has 5 nitrogen and oxygen atoms in total. The van der Waals surface area contributed by atoms with Crippen LogP contribution in [0.2, 0.25) is 5.02 Å². The van der Waals surface area contributed by atoms with Gasteiger partial charge in [0.1, 0.15) is 11.1 Å². The molecule has 2 rings (SSSR count). The van der Waals surface area contributed by atoms with Crippen molar-refractivity contribution in [3.63, 3.8) is 0 Å². The van der Waals surface area contributed by atoms with E-state index in [-0.39, 0.29) is 12.8 Å². The average molecular weight is 312 g/mol. The largest absolute Gasteiger partial charge is 0.479 e. The molecule has 0 bridgehead atoms. The van der Waals surface area contributed by atoms with E-state index in [1.807, 2.05) is 0 Å². The molecule has 0 radical (unpaired) electrons. The Labute approximate surface area is 128 Å². The fraction of sp³-hybridized carbons (Fsp3) is 0.467. The highest BCUT2D eigenvalue weighted by molar-refractivity contribution is 6.30. The monoisotopic (exact) mass is 311 g/mol. The molecule has 0 heterocycles. The molecule has 21 heavy (non-hydrogen) atoms. The summed E-state index contributed by atoms with van der Waals surface area (Å²) in [4.78, 5) is 23.6. The van der Waals surface area contributed by atoms with Crippen molar-refractivity contribution in [1.29, 1.82) is 0 Å². The lowest BCUT2D eigenvalue weighted by Gasteiger charge is -2.28. The summed E-state index contributed by atoms with van der Waals surface area (Å²) in [6.07, 6.45) is -0.324. The Morgan fingerprint density at radius 1 is 1.29 bits per heavy atom. The first-order chi connectivity index (χ1) is 9.61. The summed E-state index contributed by atoms with van der Waals surface area (Å²) >= 11 is 5.93. The summed E-state index contributed by atoms with van der Waals surface area (Å²) < 4.78 is 5.16. The molecule has 1 aromatic rings. The van der Waals surface area contributed by atoms with Crippen LogP contribution in [0.15, 0.2) is 18.2 Å². The Hall–Kier alpha value is -1.75. The third-order valence-corrected chi connectivity index (χ3v) is 3.54. The molecule has 0 unspecified atom stereocenters. The number of fused-ring (bicyclic) bond motifs is 1. The minimum Gasteiger partial charge on any atom is -0.479 e. The zero-order chi connectivity index (χ0) is 15.8. The fourth-order valence-corrected chi connectivity index (χ4v) is 2.63. The molecule has 1 aliphatic carbocycles. The van der Waals surface area contributed by atoms with Crippen LogP contribution < -0.4 is 5.32 Å². The van der Waals surface area contributed by atoms with Gasteiger partial charge >= 0.3 is 12.1 Å². The van der Waals surface area contributed by atoms with E-state index < -0.39 is 23.2 Å². The van der Waals surface area contributed by atoms with Crippen LogP contribution in [-0.4, -0.2) is 28.3 Å². The second-order valence-electron chi connectivity index (χ2n) is 6.28. The molecule has 0 aromatic heterocycles. The van der Waals surface area contributed by atoms with Gasteiger partial charge in [0, 0.05) is 17.9 Å². The summed E-state index contributed by atoms with van der Waals surface area (Å²) in [5, 5.41) is 12.6. The molecule has 0 spiro atoms. The second-order valence-corrected chi connectivity index (χ2v) is 6.72. The van der Waals surface area contributed by atoms with E-state index in [2.05, 4.69) is 5.32 Å². The Bertz CT molecular complexity index is 594. The zero-order valence-electron chi connectivity index (χ0n) is 12.2. The van der Waals surface area contributed by atoms with Gasteiger partial charge in [0.05, 0.1) is 0 Å². The van der Waals surface area contributed by atoms with E-state index in [9.17, 15) is 14.7 Å². The second kappa shape index (κ2) is 5.22. The minimum atomic E-state index is -1.38. The van der Waals surface area contributed by atoms with E-state index in [1.54, 1.807) is 39.0 Å². The Morgan fingerprint density at radius 3 is 2.48 bits per heavy atom. The number of carbonyl (C=O) groups excluding carboxylic acids is 1. The number of halogens is 1. The minimum absolute atomic E-state index is 0.192. The van der Waals surface area contributed by atoms with Crippen molar-refractivity contribution < 1.29 is 19.4 Å². The molecule has 0 fully saturated rings. The van der Waals surface area contributed by atoms with E-state index in [4.69, 9.17) is 16.3 Å². The molecule has 0 aliphatic heterocycles. The standard InChI is InChI=1S/C15H18ClNO4/c1-14(2,3)21-13(20)17-15(12(18)19)7-9-4-5-11(16)6-10(9)8-15/h4-6H,7-8H2,1-3H3,(H,17,20)(H,18,19)/t15-/m0/s1. The van der Waals surface area contributed by atoms with Gasteiger partial charge in [-0.1, -0.05) is 17.7 Å². The van der Waals surface area contributed by atoms with Gasteiger partial charge in [-0.05, 0) is 44.0 Å². The molecule has 0 saturated carbocycles. The molecule has 114 valence electrons. The fourth-order valence-electron chi connectivity index (χ4n) is 2.44. The van der Waals surface area contributed by atoms with Crippen LogP contribution in [-0.2, 0) is 22.4 Å². The van der Waals surface area contributed by atoms with Crippen molar-refractivity contribution in [2.75, 3.05) is 0 Å². The molecule has 6 heteroatoms. The number of rotatable bonds is 2. The maximum absolute atomic E-state index is 11.9. The third kappa shape index (κ3) is 3.47. The molecule has 2 N–H and O–H groups in total. The third-order valence-electron chi connectivity index (χ3n) is 3.30. The first-order valence-electron chi connectivity index (χ1n) is 6.63. The van der Waals surface area contributed by atoms with Gasteiger partial charge in [-0.3, -0.25) is 0 Å². The highest BCUT2D eigenvalue weighted by Crippen LogP contribution is 2.32. The van der Waals surface area contributed by atoms with Crippen molar-refractivity contribution in [2.45, 2.75) is 44.8 Å². The van der Waals surface area contributed by atoms with Crippen molar-refractivity contribution in [1.82, 2.24) is 5.32 Å². The number of nitrogens with one attached hydrogen (secondary N) is 1. The summed E-state index contributed by atoms with van der Waals surface area (Å²) in [6.45, 7) is 5.18. The summed E-state index contributed by atoms with van der Waals surface area (Å²) in [6, 6.07) is 5.24. The van der Waals surface area contributed by atoms with Gasteiger partial charge in [0.15, 0.2) is 0 Å². The van der Waals surface area contributed by atoms with Crippen LogP contribution in [0.3, 0.4) is 0 Å². The number of hydrogen-bond donors (Lipinski definition) is 2. The van der Waals surface area contributed by atoms with Gasteiger partial charge in [0.2, 0.25) is 0 Å². The number of carboxylic acids is 1. The lowest BCUT2D eigenvalue weighted by atomic mass is 9.96. The number of carboxylic acid groups (broad SMARTS) is 1. The first kappa shape index (κ1) is 15.6. The average Bonchev–Trinajstić information content (AvgIpc) is 2.64. The van der Waals surface area contributed by atoms with Crippen molar-refractivity contribution in [2.24, 2.45) is 0 Å². The lowest BCUT2D eigenvalue weighted by Crippen LogP contribution is -2.56. The maximum Gasteiger partial charge on any atom is 0.408 e. The van der Waals surface area contributed by atoms with Crippen molar-refractivity contribution in [3.8, 4) is 0 Å². The highest BCUT2D eigenvalue weighted by atomic mass is 35.5. The first-order valence-corrected chi connectivity index (χ1v) is 7.01. The van der Waals surface area contributed by atoms with Crippen LogP contribution in [0.1, 0.15) is 31.9 Å². The lowest BCUT2D eigenvalue weighted by molar-refractivity contribution is -0.144. The number of benzene rings is 1. The summed E-state index contributed by atoms with van der Waals surface area (Å²) in [5.74, 6) is -1.08. The number of hydrogen-bond acceptors (Lipinski definition) is 3. The number of amides is 1. The number of carbonyl (C=O) groups is 2. The molecule has 1 aromatic carbocycles. The smallest absolute Gasteiger partial charge is 0.408 e. The van der Waals surface area contributed by atoms with Crippen LogP contribution in [0, 0.1) is 0 Å². The molecule has 1 aliphatic rings. The molecule has 1 atom stereocenters. The molecule has 1 amide bonds. The Kier molecular flexibility index (Phi) is 3.89.